The number of aromatic nitrogens is 3. The molecule has 1 saturated carbocycles. The maximum Gasteiger partial charge on any atom is 0.222 e. The van der Waals surface area contributed by atoms with Crippen LogP contribution in [0.3, 0.4) is 0 Å². The third-order valence-corrected chi connectivity index (χ3v) is 6.09. The van der Waals surface area contributed by atoms with E-state index < -0.39 is 0 Å². The number of ether oxygens (including phenoxy) is 3. The molecule has 0 unspecified atom stereocenters. The molecule has 2 fully saturated rings. The molecule has 4 rings (SSSR count). The predicted octanol–water partition coefficient (Wildman–Crippen LogP) is 3.05. The quantitative estimate of drug-likeness (QED) is 0.714. The molecule has 30 heavy (non-hydrogen) atoms. The molecule has 0 radical (unpaired) electrons. The van der Waals surface area contributed by atoms with E-state index in [4.69, 9.17) is 14.2 Å². The molecule has 8 heteroatoms. The van der Waals surface area contributed by atoms with Gasteiger partial charge in [0.1, 0.15) is 5.82 Å². The van der Waals surface area contributed by atoms with Gasteiger partial charge in [-0.2, -0.15) is 5.10 Å². The van der Waals surface area contributed by atoms with Crippen LogP contribution < -0.4 is 14.2 Å². The van der Waals surface area contributed by atoms with E-state index in [1.54, 1.807) is 21.3 Å². The average molecular weight is 415 g/mol. The lowest BCUT2D eigenvalue weighted by Gasteiger charge is -2.31. The van der Waals surface area contributed by atoms with E-state index in [1.165, 1.54) is 12.8 Å². The van der Waals surface area contributed by atoms with Crippen molar-refractivity contribution in [1.82, 2.24) is 20.1 Å². The number of carbonyl (C=O) groups excluding carboxylic acids is 1. The molecule has 0 atom stereocenters. The van der Waals surface area contributed by atoms with Gasteiger partial charge in [0.2, 0.25) is 11.7 Å². The van der Waals surface area contributed by atoms with Crippen LogP contribution in [0.15, 0.2) is 12.1 Å². The number of carbonyl (C=O) groups is 1. The summed E-state index contributed by atoms with van der Waals surface area (Å²) in [4.78, 5) is 19.4. The molecule has 0 spiro atoms. The topological polar surface area (TPSA) is 89.6 Å². The molecule has 1 aliphatic carbocycles. The van der Waals surface area contributed by atoms with Crippen LogP contribution in [0.2, 0.25) is 0 Å². The van der Waals surface area contributed by atoms with Crippen LogP contribution in [-0.2, 0) is 11.2 Å². The highest BCUT2D eigenvalue weighted by Crippen LogP contribution is 2.40. The van der Waals surface area contributed by atoms with Crippen molar-refractivity contribution in [2.45, 2.75) is 50.4 Å². The number of methoxy groups -OCH3 is 3. The van der Waals surface area contributed by atoms with Gasteiger partial charge in [0.05, 0.1) is 21.3 Å². The van der Waals surface area contributed by atoms with E-state index in [-0.39, 0.29) is 5.91 Å². The third-order valence-electron chi connectivity index (χ3n) is 6.09. The molecular formula is C22H30N4O4. The molecular weight excluding hydrogens is 384 g/mol. The van der Waals surface area contributed by atoms with Gasteiger partial charge >= 0.3 is 0 Å². The van der Waals surface area contributed by atoms with Crippen LogP contribution in [0, 0.1) is 0 Å². The Balaban J connectivity index is 1.32. The van der Waals surface area contributed by atoms with E-state index in [0.717, 1.165) is 43.1 Å². The lowest BCUT2D eigenvalue weighted by molar-refractivity contribution is -0.132. The van der Waals surface area contributed by atoms with Gasteiger partial charge in [-0.05, 0) is 43.7 Å². The van der Waals surface area contributed by atoms with Crippen molar-refractivity contribution in [1.29, 1.82) is 0 Å². The SMILES string of the molecule is COc1ccc(CCC(=O)N2CCC(c3nc(C4CC4)n[nH]3)CC2)c(OC)c1OC. The second-order valence-electron chi connectivity index (χ2n) is 8.00. The first-order valence-electron chi connectivity index (χ1n) is 10.6. The minimum absolute atomic E-state index is 0.168. The second-order valence-corrected chi connectivity index (χ2v) is 8.00. The summed E-state index contributed by atoms with van der Waals surface area (Å²) >= 11 is 0. The first-order chi connectivity index (χ1) is 14.6. The summed E-state index contributed by atoms with van der Waals surface area (Å²) in [6, 6.07) is 3.78. The van der Waals surface area contributed by atoms with Crippen molar-refractivity contribution in [3.05, 3.63) is 29.3 Å². The van der Waals surface area contributed by atoms with Gasteiger partial charge in [-0.25, -0.2) is 4.98 Å². The Bertz CT molecular complexity index is 885. The van der Waals surface area contributed by atoms with Crippen molar-refractivity contribution in [2.24, 2.45) is 0 Å². The number of piperidine rings is 1. The minimum Gasteiger partial charge on any atom is -0.493 e. The summed E-state index contributed by atoms with van der Waals surface area (Å²) in [7, 11) is 4.78. The number of amides is 1. The number of benzene rings is 1. The van der Waals surface area contributed by atoms with Crippen molar-refractivity contribution >= 4 is 5.91 Å². The number of hydrogen-bond acceptors (Lipinski definition) is 6. The van der Waals surface area contributed by atoms with Crippen molar-refractivity contribution in [2.75, 3.05) is 34.4 Å². The smallest absolute Gasteiger partial charge is 0.222 e. The average Bonchev–Trinajstić information content (AvgIpc) is 3.53. The van der Waals surface area contributed by atoms with E-state index in [1.807, 2.05) is 17.0 Å². The Kier molecular flexibility index (Phi) is 6.11. The zero-order valence-corrected chi connectivity index (χ0v) is 17.9. The molecule has 1 N–H and O–H groups in total. The van der Waals surface area contributed by atoms with E-state index in [2.05, 4.69) is 15.2 Å². The summed E-state index contributed by atoms with van der Waals surface area (Å²) < 4.78 is 16.3. The number of nitrogens with zero attached hydrogens (tertiary/aromatic N) is 3. The number of likely N-dealkylation sites (tertiary alicyclic amines) is 1. The molecule has 2 aromatic rings. The van der Waals surface area contributed by atoms with Crippen LogP contribution in [0.25, 0.3) is 0 Å². The van der Waals surface area contributed by atoms with Crippen LogP contribution >= 0.6 is 0 Å². The molecule has 1 aromatic heterocycles. The maximum absolute atomic E-state index is 12.8. The third kappa shape index (κ3) is 4.22. The van der Waals surface area contributed by atoms with Gasteiger partial charge < -0.3 is 19.1 Å². The van der Waals surface area contributed by atoms with Crippen LogP contribution in [0.5, 0.6) is 17.2 Å². The number of aromatic amines is 1. The largest absolute Gasteiger partial charge is 0.493 e. The number of rotatable bonds is 8. The Morgan fingerprint density at radius 1 is 1.03 bits per heavy atom. The fourth-order valence-corrected chi connectivity index (χ4v) is 4.16. The lowest BCUT2D eigenvalue weighted by atomic mass is 9.95. The molecule has 8 nitrogen and oxygen atoms in total. The first kappa shape index (κ1) is 20.5. The zero-order valence-electron chi connectivity index (χ0n) is 17.9. The monoisotopic (exact) mass is 414 g/mol. The number of H-pyrrole nitrogens is 1. The summed E-state index contributed by atoms with van der Waals surface area (Å²) in [5.74, 6) is 4.84. The lowest BCUT2D eigenvalue weighted by Crippen LogP contribution is -2.38. The number of aryl methyl sites for hydroxylation is 1. The van der Waals surface area contributed by atoms with Crippen molar-refractivity contribution in [3.63, 3.8) is 0 Å². The normalized spacial score (nSPS) is 17.1. The van der Waals surface area contributed by atoms with Gasteiger partial charge in [-0.15, -0.1) is 0 Å². The Morgan fingerprint density at radius 3 is 2.40 bits per heavy atom. The van der Waals surface area contributed by atoms with E-state index in [9.17, 15) is 4.79 Å². The van der Waals surface area contributed by atoms with Crippen LogP contribution in [0.1, 0.15) is 61.2 Å². The second kappa shape index (κ2) is 8.93. The summed E-state index contributed by atoms with van der Waals surface area (Å²) in [5.41, 5.74) is 0.938. The Morgan fingerprint density at radius 2 is 1.77 bits per heavy atom. The highest BCUT2D eigenvalue weighted by Gasteiger charge is 2.30. The van der Waals surface area contributed by atoms with Crippen LogP contribution in [0.4, 0.5) is 0 Å². The van der Waals surface area contributed by atoms with Gasteiger partial charge in [0, 0.05) is 31.3 Å². The first-order valence-corrected chi connectivity index (χ1v) is 10.6. The molecule has 1 amide bonds. The fraction of sp³-hybridized carbons (Fsp3) is 0.591. The molecule has 2 aliphatic rings. The fourth-order valence-electron chi connectivity index (χ4n) is 4.16. The summed E-state index contributed by atoms with van der Waals surface area (Å²) in [5, 5.41) is 7.49. The van der Waals surface area contributed by atoms with Crippen LogP contribution in [-0.4, -0.2) is 60.4 Å². The van der Waals surface area contributed by atoms with Gasteiger partial charge in [-0.1, -0.05) is 6.07 Å². The van der Waals surface area contributed by atoms with E-state index >= 15 is 0 Å². The summed E-state index contributed by atoms with van der Waals surface area (Å²) in [6.45, 7) is 1.51. The highest BCUT2D eigenvalue weighted by molar-refractivity contribution is 5.76. The molecule has 1 aliphatic heterocycles. The van der Waals surface area contributed by atoms with E-state index in [0.29, 0.717) is 41.9 Å². The zero-order chi connectivity index (χ0) is 21.1. The minimum atomic E-state index is 0.168. The van der Waals surface area contributed by atoms with Gasteiger partial charge in [0.25, 0.3) is 0 Å². The summed E-state index contributed by atoms with van der Waals surface area (Å²) in [6.07, 6.45) is 5.28. The van der Waals surface area contributed by atoms with Crippen molar-refractivity contribution in [3.8, 4) is 17.2 Å². The molecule has 2 heterocycles. The van der Waals surface area contributed by atoms with Crippen molar-refractivity contribution < 1.29 is 19.0 Å². The predicted molar refractivity (Wildman–Crippen MR) is 111 cm³/mol. The molecule has 1 aromatic carbocycles. The Hall–Kier alpha value is -2.77. The van der Waals surface area contributed by atoms with Gasteiger partial charge in [0.15, 0.2) is 17.3 Å². The molecule has 0 bridgehead atoms. The Labute approximate surface area is 176 Å². The number of hydrogen-bond donors (Lipinski definition) is 1. The molecule has 162 valence electrons. The number of nitrogens with one attached hydrogen (secondary N) is 1. The van der Waals surface area contributed by atoms with Gasteiger partial charge in [-0.3, -0.25) is 9.89 Å². The maximum atomic E-state index is 12.8. The molecule has 1 saturated heterocycles. The highest BCUT2D eigenvalue weighted by atomic mass is 16.5. The standard InChI is InChI=1S/C22H30N4O4/c1-28-17-8-6-14(19(29-2)20(17)30-3)7-9-18(27)26-12-10-16(11-13-26)22-23-21(24-25-22)15-4-5-15/h6,8,15-16H,4-5,7,9-13H2,1-3H3,(H,23,24,25).